The number of nitrogens with one attached hydrogen (secondary N) is 1. The van der Waals surface area contributed by atoms with Crippen molar-refractivity contribution < 1.29 is 19.1 Å². The Kier molecular flexibility index (Phi) is 5.79. The molecule has 4 heterocycles. The normalized spacial score (nSPS) is 32.5. The van der Waals surface area contributed by atoms with Gasteiger partial charge in [0.05, 0.1) is 25.3 Å². The second-order valence-corrected chi connectivity index (χ2v) is 10.7. The van der Waals surface area contributed by atoms with Crippen LogP contribution < -0.4 is 15.0 Å². The van der Waals surface area contributed by atoms with E-state index in [0.717, 1.165) is 37.3 Å². The van der Waals surface area contributed by atoms with E-state index in [1.54, 1.807) is 31.4 Å². The van der Waals surface area contributed by atoms with Gasteiger partial charge in [-0.1, -0.05) is 18.1 Å². The summed E-state index contributed by atoms with van der Waals surface area (Å²) < 4.78 is 5.17. The summed E-state index contributed by atoms with van der Waals surface area (Å²) in [6.45, 7) is 2.96. The number of methoxy groups -OCH3 is 1. The van der Waals surface area contributed by atoms with Crippen molar-refractivity contribution in [3.05, 3.63) is 35.9 Å². The third-order valence-electron chi connectivity index (χ3n) is 8.71. The molecule has 0 unspecified atom stereocenters. The summed E-state index contributed by atoms with van der Waals surface area (Å²) in [5.41, 5.74) is 1.90. The molecular weight excluding hydrogens is 444 g/mol. The smallest absolute Gasteiger partial charge is 0.329 e. The highest BCUT2D eigenvalue weighted by atomic mass is 16.5. The Labute approximate surface area is 206 Å². The molecule has 1 N–H and O–H groups in total. The van der Waals surface area contributed by atoms with E-state index in [0.29, 0.717) is 29.3 Å². The highest BCUT2D eigenvalue weighted by molar-refractivity contribution is 6.22. The zero-order valence-corrected chi connectivity index (χ0v) is 20.3. The molecule has 1 aromatic carbocycles. The Morgan fingerprint density at radius 1 is 1.11 bits per heavy atom. The van der Waals surface area contributed by atoms with Crippen LogP contribution in [-0.4, -0.2) is 72.5 Å². The van der Waals surface area contributed by atoms with Crippen molar-refractivity contribution in [3.8, 4) is 5.75 Å². The van der Waals surface area contributed by atoms with Crippen molar-refractivity contribution >= 4 is 23.5 Å². The van der Waals surface area contributed by atoms with Crippen molar-refractivity contribution in [2.75, 3.05) is 31.6 Å². The molecule has 4 fully saturated rings. The number of imide groups is 1. The first-order valence-electron chi connectivity index (χ1n) is 13.1. The summed E-state index contributed by atoms with van der Waals surface area (Å²) in [7, 11) is 1.57. The minimum Gasteiger partial charge on any atom is -0.497 e. The summed E-state index contributed by atoms with van der Waals surface area (Å²) in [4.78, 5) is 45.2. The van der Waals surface area contributed by atoms with Crippen LogP contribution in [0.3, 0.4) is 0 Å². The lowest BCUT2D eigenvalue weighted by molar-refractivity contribution is -0.138. The summed E-state index contributed by atoms with van der Waals surface area (Å²) in [6.07, 6.45) is 9.58. The topological polar surface area (TPSA) is 82.2 Å². The fraction of sp³-hybridized carbons (Fsp3) is 0.593. The first-order valence-corrected chi connectivity index (χ1v) is 13.1. The number of hydrogen-bond acceptors (Lipinski definition) is 5. The molecule has 0 spiro atoms. The highest BCUT2D eigenvalue weighted by Gasteiger charge is 2.48. The van der Waals surface area contributed by atoms with E-state index in [2.05, 4.69) is 16.3 Å². The van der Waals surface area contributed by atoms with E-state index in [1.807, 2.05) is 4.90 Å². The van der Waals surface area contributed by atoms with Gasteiger partial charge in [0.25, 0.3) is 5.91 Å². The fourth-order valence-electron chi connectivity index (χ4n) is 7.19. The molecule has 35 heavy (non-hydrogen) atoms. The number of carbonyl (C=O) groups is 3. The van der Waals surface area contributed by atoms with Crippen LogP contribution in [0, 0.1) is 11.8 Å². The summed E-state index contributed by atoms with van der Waals surface area (Å²) in [5.74, 6) is 1.32. The standard InChI is InChI=1S/C27H34N4O4/c1-35-21-9-7-20(8-10-21)31-26(33)22(28-27(31)34)15-24(32)30-12-4-5-17-13-18-14-19(25(17)30)16-29-11-3-2-6-23(18)29/h7-10,13,18-19,22-23,25H,2-6,11-12,14-16H2,1H3,(H,28,34)/t18-,19-,22+,23-,25+/m0/s1. The quantitative estimate of drug-likeness (QED) is 0.532. The highest BCUT2D eigenvalue weighted by Crippen LogP contribution is 2.45. The van der Waals surface area contributed by atoms with Crippen LogP contribution in [0.15, 0.2) is 35.9 Å². The molecule has 5 atom stereocenters. The van der Waals surface area contributed by atoms with Crippen molar-refractivity contribution in [3.63, 3.8) is 0 Å². The molecule has 4 saturated heterocycles. The maximum absolute atomic E-state index is 13.6. The van der Waals surface area contributed by atoms with Crippen LogP contribution in [-0.2, 0) is 9.59 Å². The van der Waals surface area contributed by atoms with Gasteiger partial charge in [0.1, 0.15) is 11.8 Å². The number of rotatable bonds is 4. The minimum atomic E-state index is -0.833. The number of piperidine rings is 3. The fourth-order valence-corrected chi connectivity index (χ4v) is 7.19. The number of urea groups is 1. The number of nitrogens with zero attached hydrogens (tertiary/aromatic N) is 3. The molecule has 1 aromatic rings. The number of ether oxygens (including phenoxy) is 1. The van der Waals surface area contributed by atoms with Gasteiger partial charge in [0.2, 0.25) is 5.91 Å². The van der Waals surface area contributed by atoms with E-state index >= 15 is 0 Å². The van der Waals surface area contributed by atoms with Gasteiger partial charge in [-0.25, -0.2) is 9.69 Å². The predicted molar refractivity (Wildman–Crippen MR) is 131 cm³/mol. The second-order valence-electron chi connectivity index (χ2n) is 10.7. The number of hydrogen-bond donors (Lipinski definition) is 1. The molecule has 8 heteroatoms. The Bertz CT molecular complexity index is 1050. The molecule has 0 radical (unpaired) electrons. The van der Waals surface area contributed by atoms with Crippen molar-refractivity contribution in [1.82, 2.24) is 15.1 Å². The average molecular weight is 479 g/mol. The molecule has 6 rings (SSSR count). The molecule has 0 saturated carbocycles. The molecule has 0 aromatic heterocycles. The van der Waals surface area contributed by atoms with Gasteiger partial charge >= 0.3 is 6.03 Å². The number of benzene rings is 1. The molecule has 4 amide bonds. The summed E-state index contributed by atoms with van der Waals surface area (Å²) in [5, 5.41) is 2.74. The lowest BCUT2D eigenvalue weighted by Crippen LogP contribution is -2.60. The van der Waals surface area contributed by atoms with Gasteiger partial charge in [-0.05, 0) is 74.8 Å². The number of fused-ring (bicyclic) bond motifs is 6. The van der Waals surface area contributed by atoms with Gasteiger partial charge in [-0.3, -0.25) is 14.5 Å². The maximum Gasteiger partial charge on any atom is 0.329 e. The van der Waals surface area contributed by atoms with Crippen molar-refractivity contribution in [1.29, 1.82) is 0 Å². The number of anilines is 1. The average Bonchev–Trinajstić information content (AvgIpc) is 3.16. The van der Waals surface area contributed by atoms with Crippen molar-refractivity contribution in [2.24, 2.45) is 11.8 Å². The Hall–Kier alpha value is -2.87. The van der Waals surface area contributed by atoms with Crippen LogP contribution in [0.25, 0.3) is 0 Å². The molecule has 186 valence electrons. The third kappa shape index (κ3) is 3.92. The Morgan fingerprint density at radius 3 is 2.74 bits per heavy atom. The van der Waals surface area contributed by atoms with E-state index < -0.39 is 12.1 Å². The van der Waals surface area contributed by atoms with Crippen LogP contribution in [0.2, 0.25) is 0 Å². The Balaban J connectivity index is 1.17. The minimum absolute atomic E-state index is 0.00347. The van der Waals surface area contributed by atoms with Gasteiger partial charge in [-0.2, -0.15) is 0 Å². The van der Waals surface area contributed by atoms with Crippen LogP contribution in [0.1, 0.15) is 44.9 Å². The van der Waals surface area contributed by atoms with Crippen molar-refractivity contribution in [2.45, 2.75) is 63.1 Å². The number of carbonyl (C=O) groups excluding carboxylic acids is 3. The van der Waals surface area contributed by atoms with Gasteiger partial charge in [0, 0.05) is 19.1 Å². The maximum atomic E-state index is 13.6. The molecule has 4 aliphatic heterocycles. The van der Waals surface area contributed by atoms with E-state index in [-0.39, 0.29) is 24.3 Å². The predicted octanol–water partition coefficient (Wildman–Crippen LogP) is 2.93. The molecule has 5 aliphatic rings. The van der Waals surface area contributed by atoms with Gasteiger partial charge < -0.3 is 15.0 Å². The lowest BCUT2D eigenvalue weighted by Gasteiger charge is -2.54. The first kappa shape index (κ1) is 22.6. The number of amides is 4. The largest absolute Gasteiger partial charge is 0.497 e. The van der Waals surface area contributed by atoms with E-state index in [4.69, 9.17) is 4.74 Å². The van der Waals surface area contributed by atoms with Gasteiger partial charge in [-0.15, -0.1) is 0 Å². The lowest BCUT2D eigenvalue weighted by atomic mass is 9.68. The monoisotopic (exact) mass is 478 g/mol. The van der Waals surface area contributed by atoms with E-state index in [1.165, 1.54) is 31.4 Å². The van der Waals surface area contributed by atoms with E-state index in [9.17, 15) is 14.4 Å². The zero-order valence-electron chi connectivity index (χ0n) is 20.3. The van der Waals surface area contributed by atoms with Gasteiger partial charge in [0.15, 0.2) is 0 Å². The SMILES string of the molecule is COc1ccc(N2C(=O)N[C@H](CC(=O)N3CCCC4=C[C@H]5C[C@@H](CN6CCCC[C@@H]56)[C@@H]43)C2=O)cc1. The second kappa shape index (κ2) is 8.97. The zero-order chi connectivity index (χ0) is 24.1. The first-order chi connectivity index (χ1) is 17.0. The third-order valence-corrected chi connectivity index (χ3v) is 8.71. The number of likely N-dealkylation sites (tertiary alicyclic amines) is 1. The summed E-state index contributed by atoms with van der Waals surface area (Å²) in [6, 6.07) is 6.28. The summed E-state index contributed by atoms with van der Waals surface area (Å²) >= 11 is 0. The van der Waals surface area contributed by atoms with Crippen LogP contribution in [0.5, 0.6) is 5.75 Å². The molecule has 1 aliphatic carbocycles. The molecule has 2 bridgehead atoms. The molecular formula is C27H34N4O4. The van der Waals surface area contributed by atoms with Crippen LogP contribution in [0.4, 0.5) is 10.5 Å². The van der Waals surface area contributed by atoms with Crippen LogP contribution >= 0.6 is 0 Å². The Morgan fingerprint density at radius 2 is 1.94 bits per heavy atom. The molecule has 8 nitrogen and oxygen atoms in total.